The lowest BCUT2D eigenvalue weighted by molar-refractivity contribution is -0.125. The minimum atomic E-state index is -0.857. The number of nitrogens with one attached hydrogen (secondary N) is 2. The lowest BCUT2D eigenvalue weighted by atomic mass is 10.2. The van der Waals surface area contributed by atoms with Gasteiger partial charge in [0.15, 0.2) is 6.61 Å². The third-order valence-corrected chi connectivity index (χ3v) is 4.35. The number of hydrazine groups is 1. The largest absolute Gasteiger partial charge is 0.497 e. The predicted molar refractivity (Wildman–Crippen MR) is 108 cm³/mol. The first kappa shape index (κ1) is 21.1. The second-order valence-electron chi connectivity index (χ2n) is 6.41. The normalized spacial score (nSPS) is 15.8. The van der Waals surface area contributed by atoms with Gasteiger partial charge in [0.25, 0.3) is 11.8 Å². The molecule has 9 heteroatoms. The number of methoxy groups -OCH3 is 1. The molecule has 0 saturated carbocycles. The Morgan fingerprint density at radius 3 is 2.50 bits per heavy atom. The molecular weight excluding hydrogens is 390 g/mol. The van der Waals surface area contributed by atoms with E-state index in [0.29, 0.717) is 29.5 Å². The molecule has 2 aromatic rings. The molecule has 0 aliphatic carbocycles. The van der Waals surface area contributed by atoms with Crippen LogP contribution in [-0.2, 0) is 14.4 Å². The van der Waals surface area contributed by atoms with Crippen molar-refractivity contribution in [1.82, 2.24) is 10.9 Å². The molecule has 1 aliphatic rings. The first-order valence-electron chi connectivity index (χ1n) is 9.42. The van der Waals surface area contributed by atoms with Gasteiger partial charge in [-0.2, -0.15) is 0 Å². The second-order valence-corrected chi connectivity index (χ2v) is 6.41. The van der Waals surface area contributed by atoms with Gasteiger partial charge >= 0.3 is 0 Å². The molecule has 158 valence electrons. The van der Waals surface area contributed by atoms with E-state index >= 15 is 0 Å². The summed E-state index contributed by atoms with van der Waals surface area (Å²) in [4.78, 5) is 38.0. The van der Waals surface area contributed by atoms with Crippen molar-refractivity contribution < 1.29 is 28.6 Å². The van der Waals surface area contributed by atoms with E-state index < -0.39 is 17.9 Å². The summed E-state index contributed by atoms with van der Waals surface area (Å²) in [6.07, 6.45) is -0.0664. The van der Waals surface area contributed by atoms with Crippen LogP contribution in [0.4, 0.5) is 5.69 Å². The zero-order valence-electron chi connectivity index (χ0n) is 16.7. The van der Waals surface area contributed by atoms with Gasteiger partial charge in [-0.3, -0.25) is 19.8 Å². The van der Waals surface area contributed by atoms with Crippen molar-refractivity contribution in [2.24, 2.45) is 0 Å². The fraction of sp³-hybridized carbons (Fsp3) is 0.286. The topological polar surface area (TPSA) is 106 Å². The molecule has 1 atom stereocenters. The molecular formula is C21H23N3O6. The molecule has 30 heavy (non-hydrogen) atoms. The van der Waals surface area contributed by atoms with Crippen molar-refractivity contribution in [1.29, 1.82) is 0 Å². The van der Waals surface area contributed by atoms with Gasteiger partial charge in [-0.25, -0.2) is 10.3 Å². The number of rotatable bonds is 9. The smallest absolute Gasteiger partial charge is 0.272 e. The van der Waals surface area contributed by atoms with Crippen LogP contribution >= 0.6 is 0 Å². The van der Waals surface area contributed by atoms with Crippen LogP contribution in [0, 0.1) is 0 Å². The van der Waals surface area contributed by atoms with Gasteiger partial charge in [-0.05, 0) is 43.3 Å². The van der Waals surface area contributed by atoms with Crippen LogP contribution in [0.15, 0.2) is 48.5 Å². The third kappa shape index (κ3) is 5.06. The second kappa shape index (κ2) is 9.75. The van der Waals surface area contributed by atoms with E-state index in [1.165, 1.54) is 7.11 Å². The molecule has 1 unspecified atom stereocenters. The lowest BCUT2D eigenvalue weighted by Gasteiger charge is -2.16. The molecule has 3 amide bonds. The highest BCUT2D eigenvalue weighted by Crippen LogP contribution is 2.25. The van der Waals surface area contributed by atoms with Crippen molar-refractivity contribution in [2.75, 3.05) is 25.2 Å². The number of carbonyl (C=O) groups is 3. The quantitative estimate of drug-likeness (QED) is 0.473. The van der Waals surface area contributed by atoms with E-state index in [2.05, 4.69) is 10.9 Å². The summed E-state index contributed by atoms with van der Waals surface area (Å²) < 4.78 is 15.8. The van der Waals surface area contributed by atoms with Crippen molar-refractivity contribution in [3.63, 3.8) is 0 Å². The maximum Gasteiger partial charge on any atom is 0.272 e. The standard InChI is InChI=1S/C21H23N3O6/c1-3-29-15-9-7-14(8-10-15)24-20(26)12-18(21(24)27)22-23-19(25)13-30-17-6-4-5-16(11-17)28-2/h4-11,18,22H,3,12-13H2,1-2H3,(H,23,25). The Bertz CT molecular complexity index is 915. The van der Waals surface area contributed by atoms with Gasteiger partial charge in [0.05, 0.1) is 25.8 Å². The SMILES string of the molecule is CCOc1ccc(N2C(=O)CC(NNC(=O)COc3cccc(OC)c3)C2=O)cc1. The van der Waals surface area contributed by atoms with Crippen LogP contribution in [-0.4, -0.2) is 44.1 Å². The summed E-state index contributed by atoms with van der Waals surface area (Å²) in [6, 6.07) is 12.6. The molecule has 3 rings (SSSR count). The maximum atomic E-state index is 12.6. The fourth-order valence-electron chi connectivity index (χ4n) is 2.92. The summed E-state index contributed by atoms with van der Waals surface area (Å²) in [7, 11) is 1.53. The molecule has 1 saturated heterocycles. The predicted octanol–water partition coefficient (Wildman–Crippen LogP) is 1.43. The molecule has 1 fully saturated rings. The first-order chi connectivity index (χ1) is 14.5. The molecule has 2 N–H and O–H groups in total. The zero-order chi connectivity index (χ0) is 21.5. The number of ether oxygens (including phenoxy) is 3. The highest BCUT2D eigenvalue weighted by atomic mass is 16.5. The van der Waals surface area contributed by atoms with Gasteiger partial charge < -0.3 is 14.2 Å². The minimum absolute atomic E-state index is 0.0664. The Kier molecular flexibility index (Phi) is 6.87. The molecule has 0 aromatic heterocycles. The van der Waals surface area contributed by atoms with Crippen molar-refractivity contribution in [3.8, 4) is 17.2 Å². The highest BCUT2D eigenvalue weighted by molar-refractivity contribution is 6.22. The van der Waals surface area contributed by atoms with Crippen molar-refractivity contribution in [3.05, 3.63) is 48.5 Å². The number of carbonyl (C=O) groups excluding carboxylic acids is 3. The van der Waals surface area contributed by atoms with Crippen molar-refractivity contribution in [2.45, 2.75) is 19.4 Å². The molecule has 0 bridgehead atoms. The third-order valence-electron chi connectivity index (χ3n) is 4.35. The number of anilines is 1. The van der Waals surface area contributed by atoms with E-state index in [0.717, 1.165) is 4.90 Å². The summed E-state index contributed by atoms with van der Waals surface area (Å²) in [5, 5.41) is 0. The van der Waals surface area contributed by atoms with Gasteiger partial charge in [0.1, 0.15) is 23.3 Å². The lowest BCUT2D eigenvalue weighted by Crippen LogP contribution is -2.49. The van der Waals surface area contributed by atoms with E-state index in [1.54, 1.807) is 48.5 Å². The van der Waals surface area contributed by atoms with Crippen molar-refractivity contribution >= 4 is 23.4 Å². The van der Waals surface area contributed by atoms with E-state index in [4.69, 9.17) is 14.2 Å². The number of benzene rings is 2. The Balaban J connectivity index is 1.51. The average molecular weight is 413 g/mol. The van der Waals surface area contributed by atoms with Crippen LogP contribution in [0.2, 0.25) is 0 Å². The Labute approximate surface area is 173 Å². The van der Waals surface area contributed by atoms with E-state index in [1.807, 2.05) is 6.92 Å². The van der Waals surface area contributed by atoms with Gasteiger partial charge in [0, 0.05) is 6.07 Å². The molecule has 0 spiro atoms. The van der Waals surface area contributed by atoms with Gasteiger partial charge in [0.2, 0.25) is 5.91 Å². The number of amides is 3. The monoisotopic (exact) mass is 413 g/mol. The van der Waals surface area contributed by atoms with Crippen LogP contribution in [0.3, 0.4) is 0 Å². The Morgan fingerprint density at radius 2 is 1.80 bits per heavy atom. The van der Waals surface area contributed by atoms with E-state index in [-0.39, 0.29) is 18.9 Å². The minimum Gasteiger partial charge on any atom is -0.497 e. The van der Waals surface area contributed by atoms with Crippen LogP contribution in [0.5, 0.6) is 17.2 Å². The number of nitrogens with zero attached hydrogens (tertiary/aromatic N) is 1. The molecule has 0 radical (unpaired) electrons. The first-order valence-corrected chi connectivity index (χ1v) is 9.42. The summed E-state index contributed by atoms with van der Waals surface area (Å²) in [5.74, 6) is 0.436. The molecule has 1 heterocycles. The van der Waals surface area contributed by atoms with E-state index in [9.17, 15) is 14.4 Å². The zero-order valence-corrected chi connectivity index (χ0v) is 16.7. The van der Waals surface area contributed by atoms with Gasteiger partial charge in [-0.1, -0.05) is 6.07 Å². The average Bonchev–Trinajstić information content (AvgIpc) is 3.05. The Hall–Kier alpha value is -3.59. The Morgan fingerprint density at radius 1 is 1.07 bits per heavy atom. The summed E-state index contributed by atoms with van der Waals surface area (Å²) in [6.45, 7) is 2.12. The summed E-state index contributed by atoms with van der Waals surface area (Å²) in [5.41, 5.74) is 5.47. The number of imide groups is 1. The molecule has 9 nitrogen and oxygen atoms in total. The molecule has 2 aromatic carbocycles. The molecule has 1 aliphatic heterocycles. The van der Waals surface area contributed by atoms with Crippen LogP contribution in [0.25, 0.3) is 0 Å². The summed E-state index contributed by atoms with van der Waals surface area (Å²) >= 11 is 0. The number of hydrogen-bond donors (Lipinski definition) is 2. The van der Waals surface area contributed by atoms with Crippen LogP contribution < -0.4 is 30.0 Å². The van der Waals surface area contributed by atoms with Crippen LogP contribution in [0.1, 0.15) is 13.3 Å². The highest BCUT2D eigenvalue weighted by Gasteiger charge is 2.39. The number of hydrogen-bond acceptors (Lipinski definition) is 7. The fourth-order valence-corrected chi connectivity index (χ4v) is 2.92. The maximum absolute atomic E-state index is 12.6. The van der Waals surface area contributed by atoms with Gasteiger partial charge in [-0.15, -0.1) is 0 Å².